The van der Waals surface area contributed by atoms with E-state index in [1.54, 1.807) is 0 Å². The first-order valence-electron chi connectivity index (χ1n) is 9.88. The van der Waals surface area contributed by atoms with Gasteiger partial charge in [-0.25, -0.2) is 0 Å². The van der Waals surface area contributed by atoms with E-state index >= 15 is 0 Å². The molecule has 0 bridgehead atoms. The Hall–Kier alpha value is -1.79. The highest BCUT2D eigenvalue weighted by Crippen LogP contribution is 2.32. The standard InChI is InChI=1S/C21H32N4OS/c1-5-10-17(22-15-13-16-11-8-7-9-12-16)18(26)23-20-25-24-19(27-20)21(3,4)14-6-2/h7-9,11-12,17,22H,5-6,10,13-15H2,1-4H3,(H,23,25,26). The van der Waals surface area contributed by atoms with E-state index in [1.165, 1.54) is 16.9 Å². The van der Waals surface area contributed by atoms with Crippen LogP contribution in [0, 0.1) is 0 Å². The molecular weight excluding hydrogens is 356 g/mol. The van der Waals surface area contributed by atoms with Crippen molar-refractivity contribution in [3.05, 3.63) is 40.9 Å². The van der Waals surface area contributed by atoms with Crippen molar-refractivity contribution >= 4 is 22.4 Å². The Labute approximate surface area is 167 Å². The van der Waals surface area contributed by atoms with Gasteiger partial charge in [0.2, 0.25) is 11.0 Å². The third-order valence-electron chi connectivity index (χ3n) is 4.65. The van der Waals surface area contributed by atoms with Crippen molar-refractivity contribution in [3.8, 4) is 0 Å². The summed E-state index contributed by atoms with van der Waals surface area (Å²) in [6.07, 6.45) is 4.80. The summed E-state index contributed by atoms with van der Waals surface area (Å²) in [5.41, 5.74) is 1.26. The quantitative estimate of drug-likeness (QED) is 0.592. The highest BCUT2D eigenvalue weighted by atomic mass is 32.1. The molecule has 27 heavy (non-hydrogen) atoms. The second-order valence-electron chi connectivity index (χ2n) is 7.57. The zero-order valence-electron chi connectivity index (χ0n) is 16.9. The Kier molecular flexibility index (Phi) is 8.38. The van der Waals surface area contributed by atoms with E-state index in [2.05, 4.69) is 60.7 Å². The molecule has 1 aromatic carbocycles. The lowest BCUT2D eigenvalue weighted by atomic mass is 9.89. The van der Waals surface area contributed by atoms with E-state index in [0.29, 0.717) is 5.13 Å². The minimum absolute atomic E-state index is 0.00779. The number of benzene rings is 1. The lowest BCUT2D eigenvalue weighted by Crippen LogP contribution is -2.41. The minimum Gasteiger partial charge on any atom is -0.306 e. The molecule has 1 unspecified atom stereocenters. The van der Waals surface area contributed by atoms with Gasteiger partial charge in [-0.1, -0.05) is 82.2 Å². The molecule has 2 rings (SSSR count). The predicted molar refractivity (Wildman–Crippen MR) is 113 cm³/mol. The lowest BCUT2D eigenvalue weighted by molar-refractivity contribution is -0.118. The Morgan fingerprint density at radius 3 is 2.56 bits per heavy atom. The van der Waals surface area contributed by atoms with Gasteiger partial charge in [0.05, 0.1) is 6.04 Å². The van der Waals surface area contributed by atoms with Crippen molar-refractivity contribution in [3.63, 3.8) is 0 Å². The number of carbonyl (C=O) groups excluding carboxylic acids is 1. The van der Waals surface area contributed by atoms with Crippen LogP contribution < -0.4 is 10.6 Å². The molecule has 2 aromatic rings. The van der Waals surface area contributed by atoms with Crippen LogP contribution in [0.5, 0.6) is 0 Å². The van der Waals surface area contributed by atoms with E-state index < -0.39 is 0 Å². The van der Waals surface area contributed by atoms with Gasteiger partial charge in [-0.05, 0) is 31.4 Å². The summed E-state index contributed by atoms with van der Waals surface area (Å²) in [4.78, 5) is 12.7. The highest BCUT2D eigenvalue weighted by molar-refractivity contribution is 7.15. The summed E-state index contributed by atoms with van der Waals surface area (Å²) in [6.45, 7) is 9.38. The zero-order valence-corrected chi connectivity index (χ0v) is 17.7. The van der Waals surface area contributed by atoms with Gasteiger partial charge < -0.3 is 5.32 Å². The Balaban J connectivity index is 1.91. The van der Waals surface area contributed by atoms with Crippen molar-refractivity contribution in [2.75, 3.05) is 11.9 Å². The largest absolute Gasteiger partial charge is 0.306 e. The molecule has 0 radical (unpaired) electrons. The van der Waals surface area contributed by atoms with E-state index in [9.17, 15) is 4.79 Å². The molecule has 0 aliphatic heterocycles. The number of nitrogens with zero attached hydrogens (tertiary/aromatic N) is 2. The molecule has 0 fully saturated rings. The normalized spacial score (nSPS) is 12.7. The fraction of sp³-hybridized carbons (Fsp3) is 0.571. The molecule has 0 aliphatic rings. The number of hydrogen-bond donors (Lipinski definition) is 2. The molecule has 1 heterocycles. The second-order valence-corrected chi connectivity index (χ2v) is 8.54. The maximum Gasteiger partial charge on any atom is 0.243 e. The summed E-state index contributed by atoms with van der Waals surface area (Å²) in [6, 6.07) is 10.1. The topological polar surface area (TPSA) is 66.9 Å². The summed E-state index contributed by atoms with van der Waals surface area (Å²) in [5.74, 6) is -0.0269. The predicted octanol–water partition coefficient (Wildman–Crippen LogP) is 4.56. The fourth-order valence-electron chi connectivity index (χ4n) is 3.12. The van der Waals surface area contributed by atoms with E-state index in [4.69, 9.17) is 0 Å². The summed E-state index contributed by atoms with van der Waals surface area (Å²) < 4.78 is 0. The molecular formula is C21H32N4OS. The van der Waals surface area contributed by atoms with Gasteiger partial charge in [0.25, 0.3) is 0 Å². The number of nitrogens with one attached hydrogen (secondary N) is 2. The van der Waals surface area contributed by atoms with Crippen LogP contribution >= 0.6 is 11.3 Å². The SMILES string of the molecule is CCCC(NCCc1ccccc1)C(=O)Nc1nnc(C(C)(C)CCC)s1. The molecule has 1 amide bonds. The number of hydrogen-bond acceptors (Lipinski definition) is 5. The van der Waals surface area contributed by atoms with Gasteiger partial charge in [0.15, 0.2) is 0 Å². The van der Waals surface area contributed by atoms with E-state index in [-0.39, 0.29) is 17.4 Å². The average molecular weight is 389 g/mol. The maximum absolute atomic E-state index is 12.7. The molecule has 0 spiro atoms. The van der Waals surface area contributed by atoms with Crippen LogP contribution in [0.15, 0.2) is 30.3 Å². The van der Waals surface area contributed by atoms with Crippen LogP contribution in [0.1, 0.15) is 63.9 Å². The highest BCUT2D eigenvalue weighted by Gasteiger charge is 2.25. The number of carbonyl (C=O) groups is 1. The number of amides is 1. The van der Waals surface area contributed by atoms with Crippen molar-refractivity contribution in [2.24, 2.45) is 0 Å². The van der Waals surface area contributed by atoms with Gasteiger partial charge in [-0.2, -0.15) is 0 Å². The number of aromatic nitrogens is 2. The van der Waals surface area contributed by atoms with Gasteiger partial charge in [-0.15, -0.1) is 10.2 Å². The smallest absolute Gasteiger partial charge is 0.243 e. The average Bonchev–Trinajstić information content (AvgIpc) is 3.11. The van der Waals surface area contributed by atoms with Crippen LogP contribution in [0.3, 0.4) is 0 Å². The molecule has 5 nitrogen and oxygen atoms in total. The summed E-state index contributed by atoms with van der Waals surface area (Å²) in [7, 11) is 0. The Bertz CT molecular complexity index is 699. The molecule has 1 aromatic heterocycles. The molecule has 0 aliphatic carbocycles. The summed E-state index contributed by atoms with van der Waals surface area (Å²) >= 11 is 1.48. The lowest BCUT2D eigenvalue weighted by Gasteiger charge is -2.19. The fourth-order valence-corrected chi connectivity index (χ4v) is 4.00. The molecule has 6 heteroatoms. The Morgan fingerprint density at radius 1 is 1.15 bits per heavy atom. The van der Waals surface area contributed by atoms with E-state index in [0.717, 1.165) is 43.7 Å². The zero-order chi connectivity index (χ0) is 19.7. The first-order chi connectivity index (χ1) is 13.0. The minimum atomic E-state index is -0.213. The maximum atomic E-state index is 12.7. The van der Waals surface area contributed by atoms with Gasteiger partial charge in [0, 0.05) is 5.41 Å². The molecule has 148 valence electrons. The van der Waals surface area contributed by atoms with Crippen LogP contribution in [0.25, 0.3) is 0 Å². The third-order valence-corrected chi connectivity index (χ3v) is 5.85. The number of anilines is 1. The van der Waals surface area contributed by atoms with E-state index in [1.807, 2.05) is 18.2 Å². The third kappa shape index (κ3) is 6.70. The Morgan fingerprint density at radius 2 is 1.89 bits per heavy atom. The van der Waals surface area contributed by atoms with Crippen molar-refractivity contribution in [1.82, 2.24) is 15.5 Å². The van der Waals surface area contributed by atoms with Gasteiger partial charge in [-0.3, -0.25) is 10.1 Å². The van der Waals surface area contributed by atoms with Gasteiger partial charge >= 0.3 is 0 Å². The molecule has 1 atom stereocenters. The van der Waals surface area contributed by atoms with Crippen molar-refractivity contribution in [2.45, 2.75) is 71.3 Å². The van der Waals surface area contributed by atoms with Crippen molar-refractivity contribution < 1.29 is 4.79 Å². The van der Waals surface area contributed by atoms with Crippen LogP contribution in [0.4, 0.5) is 5.13 Å². The van der Waals surface area contributed by atoms with Gasteiger partial charge in [0.1, 0.15) is 5.01 Å². The van der Waals surface area contributed by atoms with Crippen LogP contribution in [-0.4, -0.2) is 28.7 Å². The first-order valence-corrected chi connectivity index (χ1v) is 10.7. The second kappa shape index (κ2) is 10.5. The molecule has 0 saturated heterocycles. The van der Waals surface area contributed by atoms with Crippen LogP contribution in [0.2, 0.25) is 0 Å². The monoisotopic (exact) mass is 388 g/mol. The van der Waals surface area contributed by atoms with Crippen molar-refractivity contribution in [1.29, 1.82) is 0 Å². The first kappa shape index (κ1) is 21.5. The molecule has 0 saturated carbocycles. The van der Waals surface area contributed by atoms with Crippen LogP contribution in [-0.2, 0) is 16.6 Å². The number of rotatable bonds is 11. The summed E-state index contributed by atoms with van der Waals surface area (Å²) in [5, 5.41) is 16.4. The molecule has 2 N–H and O–H groups in total.